The number of carbonyl (C=O) groups is 1. The summed E-state index contributed by atoms with van der Waals surface area (Å²) in [5, 5.41) is 2.45. The largest absolute Gasteiger partial charge is 0.369 e. The Balaban J connectivity index is 1.45. The van der Waals surface area contributed by atoms with Crippen LogP contribution in [-0.2, 0) is 13.0 Å². The fraction of sp³-hybridized carbons (Fsp3) is 0.375. The van der Waals surface area contributed by atoms with E-state index in [2.05, 4.69) is 32.0 Å². The lowest BCUT2D eigenvalue weighted by Gasteiger charge is -2.41. The van der Waals surface area contributed by atoms with Gasteiger partial charge in [-0.2, -0.15) is 0 Å². The van der Waals surface area contributed by atoms with Gasteiger partial charge in [0.1, 0.15) is 5.82 Å². The lowest BCUT2D eigenvalue weighted by molar-refractivity contribution is 0.0959. The molecule has 2 N–H and O–H groups in total. The summed E-state index contributed by atoms with van der Waals surface area (Å²) < 4.78 is 14.4. The van der Waals surface area contributed by atoms with E-state index in [0.29, 0.717) is 6.42 Å². The molecule has 8 heteroatoms. The van der Waals surface area contributed by atoms with E-state index in [1.807, 2.05) is 25.3 Å². The summed E-state index contributed by atoms with van der Waals surface area (Å²) in [6.07, 6.45) is 2.54. The zero-order chi connectivity index (χ0) is 22.8. The Bertz CT molecular complexity index is 1210. The second-order valence-electron chi connectivity index (χ2n) is 8.26. The minimum atomic E-state index is -0.514. The first-order valence-corrected chi connectivity index (χ1v) is 10.9. The molecule has 1 aliphatic heterocycles. The molecule has 4 rings (SSSR count). The van der Waals surface area contributed by atoms with Gasteiger partial charge in [0.2, 0.25) is 0 Å². The first-order chi connectivity index (χ1) is 15.4. The highest BCUT2D eigenvalue weighted by molar-refractivity contribution is 5.94. The van der Waals surface area contributed by atoms with Crippen LogP contribution in [0.5, 0.6) is 0 Å². The molecule has 7 nitrogen and oxygen atoms in total. The number of nitrogens with zero attached hydrogens (tertiary/aromatic N) is 3. The average molecular weight is 438 g/mol. The maximum atomic E-state index is 14.4. The van der Waals surface area contributed by atoms with E-state index in [-0.39, 0.29) is 17.2 Å². The number of anilines is 1. The summed E-state index contributed by atoms with van der Waals surface area (Å²) in [5.41, 5.74) is 4.10. The monoisotopic (exact) mass is 437 g/mol. The molecule has 3 heterocycles. The molecule has 1 aliphatic rings. The maximum Gasteiger partial charge on any atom is 0.253 e. The molecule has 1 saturated heterocycles. The Kier molecular flexibility index (Phi) is 6.23. The van der Waals surface area contributed by atoms with E-state index < -0.39 is 11.7 Å². The Morgan fingerprint density at radius 1 is 1.28 bits per heavy atom. The number of hydrogen-bond acceptors (Lipinski definition) is 5. The number of aromatic amines is 1. The van der Waals surface area contributed by atoms with Crippen molar-refractivity contribution in [3.63, 3.8) is 0 Å². The van der Waals surface area contributed by atoms with Gasteiger partial charge in [-0.15, -0.1) is 0 Å². The highest BCUT2D eigenvalue weighted by Gasteiger charge is 2.25. The number of amides is 1. The van der Waals surface area contributed by atoms with E-state index in [0.717, 1.165) is 54.0 Å². The van der Waals surface area contributed by atoms with Crippen LogP contribution in [0.1, 0.15) is 35.3 Å². The van der Waals surface area contributed by atoms with Crippen LogP contribution in [-0.4, -0.2) is 53.5 Å². The zero-order valence-electron chi connectivity index (χ0n) is 18.6. The summed E-state index contributed by atoms with van der Waals surface area (Å²) in [7, 11) is 1.49. The number of nitrogens with one attached hydrogen (secondary N) is 2. The predicted octanol–water partition coefficient (Wildman–Crippen LogP) is 2.69. The Morgan fingerprint density at radius 2 is 2.09 bits per heavy atom. The van der Waals surface area contributed by atoms with Crippen molar-refractivity contribution < 1.29 is 9.18 Å². The molecular weight excluding hydrogens is 409 g/mol. The fourth-order valence-corrected chi connectivity index (χ4v) is 4.23. The van der Waals surface area contributed by atoms with Gasteiger partial charge in [-0.05, 0) is 49.2 Å². The van der Waals surface area contributed by atoms with E-state index in [4.69, 9.17) is 0 Å². The number of hydrogen-bond donors (Lipinski definition) is 2. The molecule has 1 fully saturated rings. The number of halogens is 1. The highest BCUT2D eigenvalue weighted by atomic mass is 19.1. The summed E-state index contributed by atoms with van der Waals surface area (Å²) in [5.74, 6) is -0.942. The number of aromatic nitrogens is 2. The smallest absolute Gasteiger partial charge is 0.253 e. The molecule has 0 unspecified atom stereocenters. The Morgan fingerprint density at radius 3 is 2.78 bits per heavy atom. The molecule has 0 radical (unpaired) electrons. The van der Waals surface area contributed by atoms with Gasteiger partial charge < -0.3 is 15.2 Å². The first-order valence-electron chi connectivity index (χ1n) is 10.9. The molecule has 1 aromatic carbocycles. The summed E-state index contributed by atoms with van der Waals surface area (Å²) in [6, 6.07) is 8.85. The normalized spacial score (nSPS) is 17.0. The van der Waals surface area contributed by atoms with Gasteiger partial charge in [0.15, 0.2) is 0 Å². The van der Waals surface area contributed by atoms with Crippen molar-refractivity contribution in [3.05, 3.63) is 69.4 Å². The molecule has 3 aromatic rings. The number of benzene rings is 1. The van der Waals surface area contributed by atoms with E-state index in [9.17, 15) is 14.0 Å². The topological polar surface area (TPSA) is 81.3 Å². The minimum absolute atomic E-state index is 0.0517. The molecular formula is C24H28FN5O2. The third-order valence-corrected chi connectivity index (χ3v) is 6.15. The van der Waals surface area contributed by atoms with Crippen molar-refractivity contribution in [1.82, 2.24) is 20.2 Å². The van der Waals surface area contributed by atoms with Crippen molar-refractivity contribution in [2.45, 2.75) is 32.9 Å². The fourth-order valence-electron chi connectivity index (χ4n) is 4.23. The zero-order valence-corrected chi connectivity index (χ0v) is 18.6. The highest BCUT2D eigenvalue weighted by Crippen LogP contribution is 2.23. The third-order valence-electron chi connectivity index (χ3n) is 6.15. The first kappa shape index (κ1) is 22.0. The lowest BCUT2D eigenvalue weighted by atomic mass is 10.1. The molecule has 32 heavy (non-hydrogen) atoms. The van der Waals surface area contributed by atoms with Crippen LogP contribution in [0.2, 0.25) is 0 Å². The predicted molar refractivity (Wildman–Crippen MR) is 124 cm³/mol. The standard InChI is InChI=1S/C24H28FN5O2/c1-4-17-10-21-22(28-23(17)31)9-16(12-27-21)14-29-7-8-30(13-15(29)2)18-5-6-19(20(25)11-18)24(32)26-3/h5-6,9-12,15H,4,7-8,13-14H2,1-3H3,(H,26,32)(H,28,31)/t15-/m1/s1. The SMILES string of the molecule is CCc1cc2ncc(CN3CCN(c4ccc(C(=O)NC)c(F)c4)C[C@H]3C)cc2[nH]c1=O. The van der Waals surface area contributed by atoms with Gasteiger partial charge in [-0.3, -0.25) is 19.5 Å². The molecule has 0 aliphatic carbocycles. The van der Waals surface area contributed by atoms with Crippen molar-refractivity contribution >= 4 is 22.6 Å². The van der Waals surface area contributed by atoms with Crippen LogP contribution in [0, 0.1) is 5.82 Å². The van der Waals surface area contributed by atoms with Crippen molar-refractivity contribution in [3.8, 4) is 0 Å². The third kappa shape index (κ3) is 4.36. The Hall–Kier alpha value is -3.26. The summed E-state index contributed by atoms with van der Waals surface area (Å²) in [6.45, 7) is 7.13. The van der Waals surface area contributed by atoms with Crippen LogP contribution in [0.4, 0.5) is 10.1 Å². The molecule has 2 aromatic heterocycles. The summed E-state index contributed by atoms with van der Waals surface area (Å²) in [4.78, 5) is 35.8. The van der Waals surface area contributed by atoms with Crippen LogP contribution in [0.25, 0.3) is 11.0 Å². The second-order valence-corrected chi connectivity index (χ2v) is 8.26. The molecule has 0 saturated carbocycles. The van der Waals surface area contributed by atoms with Gasteiger partial charge in [0.05, 0.1) is 16.6 Å². The Labute approximate surface area is 186 Å². The number of rotatable bonds is 5. The number of aryl methyl sites for hydroxylation is 1. The molecule has 168 valence electrons. The van der Waals surface area contributed by atoms with E-state index in [1.54, 1.807) is 6.07 Å². The second kappa shape index (κ2) is 9.08. The van der Waals surface area contributed by atoms with Crippen molar-refractivity contribution in [2.75, 3.05) is 31.6 Å². The summed E-state index contributed by atoms with van der Waals surface area (Å²) >= 11 is 0. The molecule has 1 amide bonds. The van der Waals surface area contributed by atoms with E-state index >= 15 is 0 Å². The maximum absolute atomic E-state index is 14.4. The van der Waals surface area contributed by atoms with Crippen LogP contribution >= 0.6 is 0 Å². The van der Waals surface area contributed by atoms with Crippen LogP contribution < -0.4 is 15.8 Å². The van der Waals surface area contributed by atoms with Gasteiger partial charge in [-0.25, -0.2) is 4.39 Å². The van der Waals surface area contributed by atoms with E-state index in [1.165, 1.54) is 19.2 Å². The molecule has 0 bridgehead atoms. The molecule has 0 spiro atoms. The number of carbonyl (C=O) groups excluding carboxylic acids is 1. The van der Waals surface area contributed by atoms with Gasteiger partial charge >= 0.3 is 0 Å². The number of pyridine rings is 2. The quantitative estimate of drug-likeness (QED) is 0.642. The van der Waals surface area contributed by atoms with Gasteiger partial charge in [0, 0.05) is 56.7 Å². The minimum Gasteiger partial charge on any atom is -0.369 e. The number of fused-ring (bicyclic) bond motifs is 1. The van der Waals surface area contributed by atoms with Gasteiger partial charge in [-0.1, -0.05) is 6.92 Å². The van der Waals surface area contributed by atoms with Gasteiger partial charge in [0.25, 0.3) is 11.5 Å². The molecule has 1 atom stereocenters. The van der Waals surface area contributed by atoms with Crippen molar-refractivity contribution in [2.24, 2.45) is 0 Å². The lowest BCUT2D eigenvalue weighted by Crippen LogP contribution is -2.51. The van der Waals surface area contributed by atoms with Crippen molar-refractivity contribution in [1.29, 1.82) is 0 Å². The van der Waals surface area contributed by atoms with Crippen LogP contribution in [0.15, 0.2) is 41.3 Å². The average Bonchev–Trinajstić information content (AvgIpc) is 2.79. The number of piperazine rings is 1. The van der Waals surface area contributed by atoms with Crippen LogP contribution in [0.3, 0.4) is 0 Å². The number of H-pyrrole nitrogens is 1.